The first kappa shape index (κ1) is 33.9. The van der Waals surface area contributed by atoms with Gasteiger partial charge in [-0.2, -0.15) is 0 Å². The molecule has 2 unspecified atom stereocenters. The molecule has 45 heavy (non-hydrogen) atoms. The molecule has 0 spiro atoms. The fraction of sp³-hybridized carbons (Fsp3) is 0.353. The fourth-order valence-electron chi connectivity index (χ4n) is 6.32. The van der Waals surface area contributed by atoms with Crippen molar-refractivity contribution >= 4 is 56.3 Å². The third-order valence-corrected chi connectivity index (χ3v) is 8.65. The van der Waals surface area contributed by atoms with E-state index in [-0.39, 0.29) is 42.8 Å². The zero-order valence-corrected chi connectivity index (χ0v) is 27.0. The van der Waals surface area contributed by atoms with E-state index in [2.05, 4.69) is 9.97 Å². The molecule has 0 aromatic carbocycles. The molecule has 3 aromatic heterocycles. The number of fused-ring (bicyclic) bond motifs is 8. The number of carboxylic acids is 2. The number of rotatable bonds is 8. The molecule has 6 N–H and O–H groups in total. The summed E-state index contributed by atoms with van der Waals surface area (Å²) in [6.07, 6.45) is -1.18. The Kier molecular flexibility index (Phi) is 9.89. The van der Waals surface area contributed by atoms with Gasteiger partial charge in [0.2, 0.25) is 0 Å². The van der Waals surface area contributed by atoms with Crippen LogP contribution in [0.1, 0.15) is 111 Å². The topological polar surface area (TPSA) is 172 Å². The maximum Gasteiger partial charge on any atom is 1.00 e. The molecule has 0 radical (unpaired) electrons. The Balaban J connectivity index is 0.00000461. The van der Waals surface area contributed by atoms with Gasteiger partial charge in [-0.1, -0.05) is 0 Å². The van der Waals surface area contributed by atoms with Crippen molar-refractivity contribution in [3.05, 3.63) is 69.3 Å². The summed E-state index contributed by atoms with van der Waals surface area (Å²) in [7, 11) is 0. The van der Waals surface area contributed by atoms with Crippen LogP contribution in [0, 0.1) is 13.8 Å². The Hall–Kier alpha value is -4.02. The Labute approximate surface area is 271 Å². The smallest absolute Gasteiger partial charge is 0.481 e. The zero-order chi connectivity index (χ0) is 32.0. The summed E-state index contributed by atoms with van der Waals surface area (Å²) in [6.45, 7) is 11.1. The van der Waals surface area contributed by atoms with Crippen LogP contribution in [0.4, 0.5) is 0 Å². The van der Waals surface area contributed by atoms with Gasteiger partial charge < -0.3 is 30.4 Å². The van der Waals surface area contributed by atoms with Gasteiger partial charge in [-0.3, -0.25) is 9.59 Å². The van der Waals surface area contributed by atoms with Gasteiger partial charge in [0.05, 0.1) is 35.0 Å². The van der Waals surface area contributed by atoms with Crippen LogP contribution in [0.2, 0.25) is 0 Å². The van der Waals surface area contributed by atoms with Crippen LogP contribution in [-0.4, -0.2) is 52.3 Å². The number of aryl methyl sites for hydroxylation is 2. The Morgan fingerprint density at radius 3 is 1.42 bits per heavy atom. The van der Waals surface area contributed by atoms with Crippen LogP contribution >= 0.6 is 0 Å². The van der Waals surface area contributed by atoms with Crippen molar-refractivity contribution in [1.29, 1.82) is 0 Å². The number of nitrogens with zero attached hydrogens (tertiary/aromatic N) is 2. The molecule has 2 aliphatic rings. The van der Waals surface area contributed by atoms with Gasteiger partial charge in [0, 0.05) is 46.0 Å². The van der Waals surface area contributed by atoms with Gasteiger partial charge in [0.1, 0.15) is 0 Å². The standard InChI is InChI=1S/C34H38N4O6.Cu/c1-15-21(7-9-31(41)42)27-14-28-22(8-10-32(43)44)16(2)24(36-28)12-29-34(20(6)40)18(4)26(38-29)13-30-33(19(5)39)17(3)25(37-30)11-23(15)35-27;/h11-14,19-20,37-40H,7-10H2,1-6H3,(H,41,42)(H,43,44);/q;+1. The Morgan fingerprint density at radius 2 is 1.02 bits per heavy atom. The predicted molar refractivity (Wildman–Crippen MR) is 170 cm³/mol. The van der Waals surface area contributed by atoms with Crippen LogP contribution in [0.5, 0.6) is 0 Å². The fourth-order valence-corrected chi connectivity index (χ4v) is 6.32. The van der Waals surface area contributed by atoms with E-state index < -0.39 is 24.1 Å². The van der Waals surface area contributed by atoms with Gasteiger partial charge in [0.15, 0.2) is 0 Å². The molecule has 0 fully saturated rings. The minimum Gasteiger partial charge on any atom is -0.481 e. The SMILES string of the molecule is CC1=C(CCC(=O)O)c2cc3nc(cc4[nH]c(cc5[nH]c(cc1n2)c(C)c5C(C)O)c(C)c4C(C)O)C(C)=C3CCC(=O)O.[Cu+]. The van der Waals surface area contributed by atoms with Crippen molar-refractivity contribution in [2.24, 2.45) is 0 Å². The van der Waals surface area contributed by atoms with E-state index in [1.165, 1.54) is 0 Å². The molecule has 5 rings (SSSR count). The molecule has 3 aromatic rings. The minimum atomic E-state index is -0.921. The van der Waals surface area contributed by atoms with Crippen LogP contribution in [-0.2, 0) is 26.7 Å². The van der Waals surface area contributed by atoms with Crippen molar-refractivity contribution < 1.29 is 47.1 Å². The van der Waals surface area contributed by atoms with Crippen molar-refractivity contribution in [2.45, 2.75) is 79.4 Å². The van der Waals surface area contributed by atoms with E-state index in [9.17, 15) is 30.0 Å². The maximum atomic E-state index is 11.6. The van der Waals surface area contributed by atoms with Crippen molar-refractivity contribution in [3.63, 3.8) is 0 Å². The average molecular weight is 662 g/mol. The summed E-state index contributed by atoms with van der Waals surface area (Å²) in [4.78, 5) is 39.8. The second-order valence-electron chi connectivity index (χ2n) is 11.7. The van der Waals surface area contributed by atoms with Crippen molar-refractivity contribution in [3.8, 4) is 0 Å². The Bertz CT molecular complexity index is 1930. The summed E-state index contributed by atoms with van der Waals surface area (Å²) < 4.78 is 0. The van der Waals surface area contributed by atoms with E-state index in [4.69, 9.17) is 9.97 Å². The average Bonchev–Trinajstić information content (AvgIpc) is 3.59. The first-order valence-electron chi connectivity index (χ1n) is 14.7. The molecular weight excluding hydrogens is 624 g/mol. The van der Waals surface area contributed by atoms with E-state index in [1.54, 1.807) is 13.8 Å². The molecule has 0 saturated carbocycles. The van der Waals surface area contributed by atoms with Gasteiger partial charge in [-0.25, -0.2) is 9.97 Å². The number of hydrogen-bond donors (Lipinski definition) is 6. The van der Waals surface area contributed by atoms with Crippen molar-refractivity contribution in [2.75, 3.05) is 0 Å². The van der Waals surface area contributed by atoms with E-state index in [0.717, 1.165) is 50.0 Å². The molecule has 0 saturated heterocycles. The summed E-state index contributed by atoms with van der Waals surface area (Å²) in [6, 6.07) is 7.51. The molecule has 5 heterocycles. The third-order valence-electron chi connectivity index (χ3n) is 8.65. The van der Waals surface area contributed by atoms with Crippen LogP contribution in [0.15, 0.2) is 24.3 Å². The van der Waals surface area contributed by atoms with Crippen LogP contribution in [0.25, 0.3) is 44.4 Å². The normalized spacial score (nSPS) is 14.4. The Morgan fingerprint density at radius 1 is 0.644 bits per heavy atom. The van der Waals surface area contributed by atoms with Gasteiger partial charge in [-0.05, 0) is 112 Å². The minimum absolute atomic E-state index is 0. The number of hydrogen-bond acceptors (Lipinski definition) is 6. The molecule has 11 heteroatoms. The number of aromatic nitrogens is 4. The van der Waals surface area contributed by atoms with E-state index in [0.29, 0.717) is 39.4 Å². The summed E-state index contributed by atoms with van der Waals surface area (Å²) in [5.41, 5.74) is 11.7. The van der Waals surface area contributed by atoms with E-state index >= 15 is 0 Å². The van der Waals surface area contributed by atoms with Crippen molar-refractivity contribution in [1.82, 2.24) is 19.9 Å². The maximum absolute atomic E-state index is 11.6. The second kappa shape index (κ2) is 13.1. The number of aliphatic hydroxyl groups excluding tert-OH is 2. The number of aliphatic carboxylic acids is 2. The molecular formula is C34H38CuN4O6+. The van der Waals surface area contributed by atoms with Crippen LogP contribution < -0.4 is 0 Å². The number of nitrogens with one attached hydrogen (secondary N) is 2. The van der Waals surface area contributed by atoms with Crippen LogP contribution in [0.3, 0.4) is 0 Å². The third kappa shape index (κ3) is 6.53. The number of carboxylic acid groups (broad SMARTS) is 2. The number of H-pyrrole nitrogens is 2. The molecule has 8 bridgehead atoms. The summed E-state index contributed by atoms with van der Waals surface area (Å²) in [5.74, 6) is -1.84. The quantitative estimate of drug-likeness (QED) is 0.146. The molecule has 0 aliphatic carbocycles. The zero-order valence-electron chi connectivity index (χ0n) is 26.1. The molecule has 2 aliphatic heterocycles. The largest absolute Gasteiger partial charge is 1.00 e. The molecule has 0 amide bonds. The van der Waals surface area contributed by atoms with Gasteiger partial charge >= 0.3 is 29.0 Å². The predicted octanol–water partition coefficient (Wildman–Crippen LogP) is 6.63. The number of allylic oxidation sites excluding steroid dienone is 4. The monoisotopic (exact) mass is 661 g/mol. The van der Waals surface area contributed by atoms with E-state index in [1.807, 2.05) is 52.0 Å². The second-order valence-corrected chi connectivity index (χ2v) is 11.7. The number of aromatic amines is 2. The first-order valence-corrected chi connectivity index (χ1v) is 14.7. The van der Waals surface area contributed by atoms with Gasteiger partial charge in [0.25, 0.3) is 0 Å². The molecule has 240 valence electrons. The number of aliphatic hydroxyl groups is 2. The number of carbonyl (C=O) groups is 2. The first-order chi connectivity index (χ1) is 20.8. The molecule has 2 atom stereocenters. The van der Waals surface area contributed by atoms with Gasteiger partial charge in [-0.15, -0.1) is 0 Å². The summed E-state index contributed by atoms with van der Waals surface area (Å²) >= 11 is 0. The summed E-state index contributed by atoms with van der Waals surface area (Å²) in [5, 5.41) is 40.5. The molecule has 10 nitrogen and oxygen atoms in total.